The van der Waals surface area contributed by atoms with Gasteiger partial charge in [-0.15, -0.1) is 22.7 Å². The van der Waals surface area contributed by atoms with E-state index in [1.807, 2.05) is 29.0 Å². The quantitative estimate of drug-likeness (QED) is 0.565. The minimum Gasteiger partial charge on any atom is -0.493 e. The van der Waals surface area contributed by atoms with Crippen LogP contribution in [-0.4, -0.2) is 48.1 Å². The first-order valence-electron chi connectivity index (χ1n) is 9.78. The van der Waals surface area contributed by atoms with Crippen molar-refractivity contribution >= 4 is 33.7 Å². The van der Waals surface area contributed by atoms with Crippen LogP contribution in [0.15, 0.2) is 29.0 Å². The van der Waals surface area contributed by atoms with Gasteiger partial charge in [-0.3, -0.25) is 9.69 Å². The Labute approximate surface area is 183 Å². The summed E-state index contributed by atoms with van der Waals surface area (Å²) in [5.74, 6) is 1.17. The van der Waals surface area contributed by atoms with Crippen LogP contribution in [0.25, 0.3) is 10.6 Å². The number of likely N-dealkylation sites (tertiary alicyclic amines) is 1. The highest BCUT2D eigenvalue weighted by Crippen LogP contribution is 2.39. The van der Waals surface area contributed by atoms with Gasteiger partial charge >= 0.3 is 0 Å². The predicted molar refractivity (Wildman–Crippen MR) is 120 cm³/mol. The molecule has 7 nitrogen and oxygen atoms in total. The maximum Gasteiger partial charge on any atom is 0.232 e. The molecule has 9 heteroatoms. The lowest BCUT2D eigenvalue weighted by atomic mass is 10.2. The van der Waals surface area contributed by atoms with Crippen molar-refractivity contribution in [2.45, 2.75) is 25.8 Å². The predicted octanol–water partition coefficient (Wildman–Crippen LogP) is 4.06. The minimum atomic E-state index is -0.119. The topological polar surface area (TPSA) is 76.6 Å². The minimum absolute atomic E-state index is 0.119. The van der Waals surface area contributed by atoms with Gasteiger partial charge in [0.15, 0.2) is 16.6 Å². The molecule has 0 aliphatic carbocycles. The van der Waals surface area contributed by atoms with Gasteiger partial charge in [-0.05, 0) is 38.1 Å². The average Bonchev–Trinajstić information content (AvgIpc) is 3.51. The molecule has 0 spiro atoms. The van der Waals surface area contributed by atoms with Gasteiger partial charge < -0.3 is 14.8 Å². The zero-order valence-electron chi connectivity index (χ0n) is 17.0. The largest absolute Gasteiger partial charge is 0.493 e. The number of benzene rings is 1. The van der Waals surface area contributed by atoms with Gasteiger partial charge in [0.25, 0.3) is 0 Å². The number of nitrogens with one attached hydrogen (secondary N) is 1. The number of carbonyl (C=O) groups is 1. The summed E-state index contributed by atoms with van der Waals surface area (Å²) in [6.07, 6.45) is 2.71. The summed E-state index contributed by atoms with van der Waals surface area (Å²) in [6, 6.07) is 5.67. The lowest BCUT2D eigenvalue weighted by Gasteiger charge is -2.11. The van der Waals surface area contributed by atoms with Gasteiger partial charge in [-0.1, -0.05) is 6.07 Å². The second kappa shape index (κ2) is 9.55. The van der Waals surface area contributed by atoms with Crippen molar-refractivity contribution in [3.63, 3.8) is 0 Å². The highest BCUT2D eigenvalue weighted by Gasteiger charge is 2.17. The summed E-state index contributed by atoms with van der Waals surface area (Å²) in [7, 11) is 3.21. The smallest absolute Gasteiger partial charge is 0.232 e. The number of hydrogen-bond acceptors (Lipinski definition) is 8. The van der Waals surface area contributed by atoms with Gasteiger partial charge in [0.05, 0.1) is 37.6 Å². The molecule has 1 N–H and O–H groups in total. The molecule has 0 saturated carbocycles. The molecule has 158 valence electrons. The molecular formula is C21H24N4O3S2. The Morgan fingerprint density at radius 2 is 1.90 bits per heavy atom. The third-order valence-corrected chi connectivity index (χ3v) is 6.64. The number of nitrogens with zero attached hydrogens (tertiary/aromatic N) is 3. The first-order chi connectivity index (χ1) is 14.7. The maximum atomic E-state index is 12.5. The molecule has 3 aromatic rings. The summed E-state index contributed by atoms with van der Waals surface area (Å²) in [4.78, 5) is 24.0. The number of methoxy groups -OCH3 is 2. The normalized spacial score (nSPS) is 14.1. The molecule has 1 aliphatic heterocycles. The van der Waals surface area contributed by atoms with Crippen molar-refractivity contribution < 1.29 is 14.3 Å². The molecule has 1 saturated heterocycles. The Hall–Kier alpha value is -2.49. The van der Waals surface area contributed by atoms with Crippen LogP contribution in [0.1, 0.15) is 24.2 Å². The lowest BCUT2D eigenvalue weighted by Crippen LogP contribution is -2.19. The number of rotatable bonds is 8. The van der Waals surface area contributed by atoms with E-state index in [0.717, 1.165) is 35.9 Å². The molecule has 1 aromatic carbocycles. The van der Waals surface area contributed by atoms with Crippen molar-refractivity contribution in [1.82, 2.24) is 14.9 Å². The number of hydrogen-bond donors (Lipinski definition) is 1. The number of carbonyl (C=O) groups excluding carboxylic acids is 1. The average molecular weight is 445 g/mol. The van der Waals surface area contributed by atoms with Gasteiger partial charge in [0, 0.05) is 17.3 Å². The van der Waals surface area contributed by atoms with Crippen LogP contribution in [0.2, 0.25) is 0 Å². The molecule has 0 atom stereocenters. The Morgan fingerprint density at radius 3 is 2.67 bits per heavy atom. The van der Waals surface area contributed by atoms with E-state index in [0.29, 0.717) is 22.3 Å². The molecular weight excluding hydrogens is 420 g/mol. The molecule has 0 radical (unpaired) electrons. The van der Waals surface area contributed by atoms with E-state index < -0.39 is 0 Å². The fourth-order valence-electron chi connectivity index (χ4n) is 3.50. The standard InChI is InChI=1S/C21H24N4O3S2/c1-27-17-7-5-6-16(19(17)28-2)20-22-14(12-29-20)10-18(26)24-21-23-15(13-30-21)11-25-8-3-4-9-25/h5-7,12-13H,3-4,8-11H2,1-2H3,(H,23,24,26). The summed E-state index contributed by atoms with van der Waals surface area (Å²) in [5, 5.41) is 8.24. The van der Waals surface area contributed by atoms with Crippen molar-refractivity contribution in [3.05, 3.63) is 40.3 Å². The first-order valence-corrected chi connectivity index (χ1v) is 11.5. The highest BCUT2D eigenvalue weighted by molar-refractivity contribution is 7.14. The Bertz CT molecular complexity index is 1010. The SMILES string of the molecule is COc1cccc(-c2nc(CC(=O)Nc3nc(CN4CCCC4)cs3)cs2)c1OC. The molecule has 2 aromatic heterocycles. The van der Waals surface area contributed by atoms with Crippen LogP contribution in [0.3, 0.4) is 0 Å². The van der Waals surface area contributed by atoms with E-state index in [4.69, 9.17) is 9.47 Å². The zero-order valence-corrected chi connectivity index (χ0v) is 18.6. The third-order valence-electron chi connectivity index (χ3n) is 4.91. The van der Waals surface area contributed by atoms with E-state index in [-0.39, 0.29) is 12.3 Å². The molecule has 0 unspecified atom stereocenters. The molecule has 1 fully saturated rings. The van der Waals surface area contributed by atoms with Gasteiger partial charge in [-0.2, -0.15) is 0 Å². The van der Waals surface area contributed by atoms with Crippen molar-refractivity contribution in [2.75, 3.05) is 32.6 Å². The van der Waals surface area contributed by atoms with Crippen molar-refractivity contribution in [2.24, 2.45) is 0 Å². The Kier molecular flexibility index (Phi) is 6.61. The Balaban J connectivity index is 1.38. The van der Waals surface area contributed by atoms with Crippen molar-refractivity contribution in [1.29, 1.82) is 0 Å². The van der Waals surface area contributed by atoms with E-state index >= 15 is 0 Å². The summed E-state index contributed by atoms with van der Waals surface area (Å²) in [5.41, 5.74) is 2.57. The zero-order chi connectivity index (χ0) is 20.9. The number of thiazole rings is 2. The first kappa shape index (κ1) is 20.8. The summed E-state index contributed by atoms with van der Waals surface area (Å²) >= 11 is 2.94. The number of aromatic nitrogens is 2. The van der Waals surface area contributed by atoms with Gasteiger partial charge in [0.1, 0.15) is 5.01 Å². The van der Waals surface area contributed by atoms with E-state index in [2.05, 4.69) is 20.2 Å². The van der Waals surface area contributed by atoms with Gasteiger partial charge in [-0.25, -0.2) is 9.97 Å². The van der Waals surface area contributed by atoms with E-state index in [1.54, 1.807) is 14.2 Å². The number of ether oxygens (including phenoxy) is 2. The molecule has 3 heterocycles. The highest BCUT2D eigenvalue weighted by atomic mass is 32.1. The number of para-hydroxylation sites is 1. The van der Waals surface area contributed by atoms with Crippen LogP contribution in [0.5, 0.6) is 11.5 Å². The molecule has 0 bridgehead atoms. The third kappa shape index (κ3) is 4.80. The second-order valence-corrected chi connectivity index (χ2v) is 8.75. The molecule has 30 heavy (non-hydrogen) atoms. The second-order valence-electron chi connectivity index (χ2n) is 7.04. The number of anilines is 1. The monoisotopic (exact) mass is 444 g/mol. The van der Waals surface area contributed by atoms with Crippen molar-refractivity contribution in [3.8, 4) is 22.1 Å². The summed E-state index contributed by atoms with van der Waals surface area (Å²) in [6.45, 7) is 3.11. The summed E-state index contributed by atoms with van der Waals surface area (Å²) < 4.78 is 10.9. The molecule has 1 aliphatic rings. The van der Waals surface area contributed by atoms with Crippen LogP contribution in [0.4, 0.5) is 5.13 Å². The Morgan fingerprint density at radius 1 is 1.10 bits per heavy atom. The van der Waals surface area contributed by atoms with Crippen LogP contribution in [0, 0.1) is 0 Å². The van der Waals surface area contributed by atoms with Gasteiger partial charge in [0.2, 0.25) is 5.91 Å². The fourth-order valence-corrected chi connectivity index (χ4v) is 5.06. The van der Waals surface area contributed by atoms with Crippen LogP contribution in [-0.2, 0) is 17.8 Å². The van der Waals surface area contributed by atoms with E-state index in [1.165, 1.54) is 35.5 Å². The fraction of sp³-hybridized carbons (Fsp3) is 0.381. The molecule has 4 rings (SSSR count). The molecule has 1 amide bonds. The van der Waals surface area contributed by atoms with Crippen LogP contribution >= 0.6 is 22.7 Å². The maximum absolute atomic E-state index is 12.5. The lowest BCUT2D eigenvalue weighted by molar-refractivity contribution is -0.115. The number of amides is 1. The van der Waals surface area contributed by atoms with E-state index in [9.17, 15) is 4.79 Å². The van der Waals surface area contributed by atoms with Crippen LogP contribution < -0.4 is 14.8 Å².